The van der Waals surface area contributed by atoms with E-state index in [1.807, 2.05) is 14.1 Å². The Kier molecular flexibility index (Phi) is 5.61. The van der Waals surface area contributed by atoms with Crippen LogP contribution in [-0.4, -0.2) is 58.3 Å². The molecule has 0 bridgehead atoms. The van der Waals surface area contributed by atoms with Crippen molar-refractivity contribution < 1.29 is 9.13 Å². The van der Waals surface area contributed by atoms with Gasteiger partial charge < -0.3 is 19.9 Å². The van der Waals surface area contributed by atoms with Crippen molar-refractivity contribution in [2.24, 2.45) is 0 Å². The second kappa shape index (κ2) is 7.45. The number of benzene rings is 1. The normalized spacial score (nSPS) is 15.7. The van der Waals surface area contributed by atoms with Gasteiger partial charge in [0.25, 0.3) is 0 Å². The van der Waals surface area contributed by atoms with Gasteiger partial charge in [-0.1, -0.05) is 0 Å². The Bertz CT molecular complexity index is 420. The summed E-state index contributed by atoms with van der Waals surface area (Å²) in [6.45, 7) is 5.27. The molecule has 4 nitrogen and oxygen atoms in total. The third-order valence-electron chi connectivity index (χ3n) is 3.39. The van der Waals surface area contributed by atoms with Crippen molar-refractivity contribution in [1.29, 1.82) is 0 Å². The fraction of sp³-hybridized carbons (Fsp3) is 0.600. The monoisotopic (exact) mass is 281 g/mol. The van der Waals surface area contributed by atoms with Crippen LogP contribution in [0.4, 0.5) is 10.1 Å². The number of hydrogen-bond acceptors (Lipinski definition) is 4. The molecule has 0 amide bonds. The van der Waals surface area contributed by atoms with Gasteiger partial charge in [-0.25, -0.2) is 4.39 Å². The number of nitrogens with one attached hydrogen (secondary N) is 1. The van der Waals surface area contributed by atoms with Gasteiger partial charge in [-0.15, -0.1) is 0 Å². The van der Waals surface area contributed by atoms with E-state index in [0.717, 1.165) is 50.6 Å². The van der Waals surface area contributed by atoms with Crippen LogP contribution < -0.4 is 15.0 Å². The van der Waals surface area contributed by atoms with E-state index in [0.29, 0.717) is 6.61 Å². The van der Waals surface area contributed by atoms with E-state index in [1.165, 1.54) is 6.07 Å². The molecule has 1 aliphatic rings. The molecule has 0 saturated carbocycles. The molecule has 1 saturated heterocycles. The van der Waals surface area contributed by atoms with Gasteiger partial charge in [0.05, 0.1) is 12.3 Å². The molecule has 112 valence electrons. The molecule has 2 rings (SSSR count). The highest BCUT2D eigenvalue weighted by molar-refractivity contribution is 5.59. The third kappa shape index (κ3) is 4.35. The maximum absolute atomic E-state index is 13.5. The summed E-state index contributed by atoms with van der Waals surface area (Å²) in [5.74, 6) is 0.575. The van der Waals surface area contributed by atoms with Crippen molar-refractivity contribution in [1.82, 2.24) is 10.2 Å². The Morgan fingerprint density at radius 3 is 2.75 bits per heavy atom. The number of nitrogens with zero attached hydrogens (tertiary/aromatic N) is 2. The van der Waals surface area contributed by atoms with Crippen LogP contribution in [0.25, 0.3) is 0 Å². The average Bonchev–Trinajstić information content (AvgIpc) is 2.45. The van der Waals surface area contributed by atoms with Crippen LogP contribution in [0.1, 0.15) is 6.42 Å². The first-order valence-corrected chi connectivity index (χ1v) is 7.19. The van der Waals surface area contributed by atoms with Crippen LogP contribution in [0.2, 0.25) is 0 Å². The van der Waals surface area contributed by atoms with E-state index in [1.54, 1.807) is 12.1 Å². The Morgan fingerprint density at radius 2 is 2.05 bits per heavy atom. The van der Waals surface area contributed by atoms with Gasteiger partial charge in [-0.3, -0.25) is 0 Å². The number of rotatable bonds is 6. The highest BCUT2D eigenvalue weighted by atomic mass is 19.1. The summed E-state index contributed by atoms with van der Waals surface area (Å²) in [5, 5.41) is 3.30. The highest BCUT2D eigenvalue weighted by Crippen LogP contribution is 2.29. The second-order valence-electron chi connectivity index (χ2n) is 5.35. The lowest BCUT2D eigenvalue weighted by atomic mass is 10.2. The summed E-state index contributed by atoms with van der Waals surface area (Å²) in [6.07, 6.45) is 0.964. The molecule has 1 aromatic carbocycles. The minimum atomic E-state index is -0.209. The number of piperazine rings is 1. The van der Waals surface area contributed by atoms with E-state index in [-0.39, 0.29) is 5.82 Å². The van der Waals surface area contributed by atoms with E-state index >= 15 is 0 Å². The van der Waals surface area contributed by atoms with E-state index in [2.05, 4.69) is 15.1 Å². The van der Waals surface area contributed by atoms with Gasteiger partial charge in [-0.2, -0.15) is 0 Å². The summed E-state index contributed by atoms with van der Waals surface area (Å²) in [4.78, 5) is 4.31. The number of ether oxygens (including phenoxy) is 1. The molecule has 20 heavy (non-hydrogen) atoms. The molecule has 0 radical (unpaired) electrons. The first kappa shape index (κ1) is 15.1. The van der Waals surface area contributed by atoms with E-state index < -0.39 is 0 Å². The van der Waals surface area contributed by atoms with Crippen LogP contribution in [0, 0.1) is 5.82 Å². The van der Waals surface area contributed by atoms with Gasteiger partial charge in [0.15, 0.2) is 0 Å². The molecule has 1 aromatic rings. The predicted octanol–water partition coefficient (Wildman–Crippen LogP) is 1.57. The van der Waals surface area contributed by atoms with Crippen LogP contribution >= 0.6 is 0 Å². The first-order chi connectivity index (χ1) is 9.66. The zero-order valence-corrected chi connectivity index (χ0v) is 12.4. The topological polar surface area (TPSA) is 27.7 Å². The Labute approximate surface area is 120 Å². The first-order valence-electron chi connectivity index (χ1n) is 7.19. The van der Waals surface area contributed by atoms with Gasteiger partial charge >= 0.3 is 0 Å². The van der Waals surface area contributed by atoms with Gasteiger partial charge in [-0.05, 0) is 32.6 Å². The van der Waals surface area contributed by atoms with E-state index in [9.17, 15) is 4.39 Å². The van der Waals surface area contributed by atoms with Crippen molar-refractivity contribution in [3.05, 3.63) is 24.0 Å². The average molecular weight is 281 g/mol. The standard InChI is InChI=1S/C15H24FN3O/c1-18(2)8-3-11-20-15-5-4-13(16)12-14(15)19-9-6-17-7-10-19/h4-5,12,17H,3,6-11H2,1-2H3. The fourth-order valence-electron chi connectivity index (χ4n) is 2.33. The molecule has 0 unspecified atom stereocenters. The third-order valence-corrected chi connectivity index (χ3v) is 3.39. The maximum Gasteiger partial charge on any atom is 0.142 e. The Hall–Kier alpha value is -1.33. The van der Waals surface area contributed by atoms with Crippen molar-refractivity contribution in [2.45, 2.75) is 6.42 Å². The van der Waals surface area contributed by atoms with Crippen LogP contribution in [0.5, 0.6) is 5.75 Å². The lowest BCUT2D eigenvalue weighted by Gasteiger charge is -2.30. The molecule has 5 heteroatoms. The second-order valence-corrected chi connectivity index (χ2v) is 5.35. The summed E-state index contributed by atoms with van der Waals surface area (Å²) < 4.78 is 19.3. The molecule has 1 aliphatic heterocycles. The summed E-state index contributed by atoms with van der Waals surface area (Å²) in [5.41, 5.74) is 0.872. The number of hydrogen-bond donors (Lipinski definition) is 1. The maximum atomic E-state index is 13.5. The molecule has 0 aromatic heterocycles. The van der Waals surface area contributed by atoms with Crippen LogP contribution in [0.15, 0.2) is 18.2 Å². The molecule has 0 spiro atoms. The minimum absolute atomic E-state index is 0.209. The van der Waals surface area contributed by atoms with Crippen molar-refractivity contribution in [3.63, 3.8) is 0 Å². The quantitative estimate of drug-likeness (QED) is 0.801. The smallest absolute Gasteiger partial charge is 0.142 e. The van der Waals surface area contributed by atoms with Gasteiger partial charge in [0, 0.05) is 38.8 Å². The molecule has 1 N–H and O–H groups in total. The molecular formula is C15H24FN3O. The van der Waals surface area contributed by atoms with Crippen molar-refractivity contribution >= 4 is 5.69 Å². The lowest BCUT2D eigenvalue weighted by molar-refractivity contribution is 0.281. The fourth-order valence-corrected chi connectivity index (χ4v) is 2.33. The van der Waals surface area contributed by atoms with Gasteiger partial charge in [0.1, 0.15) is 11.6 Å². The Balaban J connectivity index is 1.99. The summed E-state index contributed by atoms with van der Waals surface area (Å²) in [6, 6.07) is 4.78. The molecule has 0 aliphatic carbocycles. The van der Waals surface area contributed by atoms with Crippen molar-refractivity contribution in [2.75, 3.05) is 58.3 Å². The molecule has 0 atom stereocenters. The Morgan fingerprint density at radius 1 is 1.30 bits per heavy atom. The zero-order chi connectivity index (χ0) is 14.4. The molecule has 1 heterocycles. The SMILES string of the molecule is CN(C)CCCOc1ccc(F)cc1N1CCNCC1. The van der Waals surface area contributed by atoms with Crippen LogP contribution in [-0.2, 0) is 0 Å². The lowest BCUT2D eigenvalue weighted by Crippen LogP contribution is -2.43. The number of anilines is 1. The molecule has 1 fully saturated rings. The number of halogens is 1. The van der Waals surface area contributed by atoms with Gasteiger partial charge in [0.2, 0.25) is 0 Å². The van der Waals surface area contributed by atoms with Crippen molar-refractivity contribution in [3.8, 4) is 5.75 Å². The van der Waals surface area contributed by atoms with Crippen LogP contribution in [0.3, 0.4) is 0 Å². The zero-order valence-electron chi connectivity index (χ0n) is 12.4. The van der Waals surface area contributed by atoms with E-state index in [4.69, 9.17) is 4.74 Å². The summed E-state index contributed by atoms with van der Waals surface area (Å²) in [7, 11) is 4.09. The summed E-state index contributed by atoms with van der Waals surface area (Å²) >= 11 is 0. The highest BCUT2D eigenvalue weighted by Gasteiger charge is 2.15. The molecular weight excluding hydrogens is 257 g/mol. The largest absolute Gasteiger partial charge is 0.491 e. The minimum Gasteiger partial charge on any atom is -0.491 e. The predicted molar refractivity (Wildman–Crippen MR) is 80.1 cm³/mol.